The molecule has 0 saturated heterocycles. The molecular weight excluding hydrogens is 248 g/mol. The molecule has 2 nitrogen and oxygen atoms in total. The van der Waals surface area contributed by atoms with Gasteiger partial charge in [-0.05, 0) is 41.7 Å². The summed E-state index contributed by atoms with van der Waals surface area (Å²) in [5.41, 5.74) is 2.01. The smallest absolute Gasteiger partial charge is 0.153 e. The average molecular weight is 268 g/mol. The van der Waals surface area contributed by atoms with E-state index in [1.165, 1.54) is 5.56 Å². The maximum Gasteiger partial charge on any atom is 0.153 e. The first-order chi connectivity index (χ1) is 9.56. The Balaban J connectivity index is 2.21. The van der Waals surface area contributed by atoms with Crippen LogP contribution in [0.5, 0.6) is 11.5 Å². The van der Waals surface area contributed by atoms with Crippen LogP contribution in [-0.4, -0.2) is 6.29 Å². The Morgan fingerprint density at radius 3 is 2.30 bits per heavy atom. The second-order valence-electron chi connectivity index (χ2n) is 5.52. The van der Waals surface area contributed by atoms with E-state index in [0.29, 0.717) is 11.3 Å². The Kier molecular flexibility index (Phi) is 4.23. The average Bonchev–Trinajstić information content (AvgIpc) is 2.48. The van der Waals surface area contributed by atoms with Gasteiger partial charge in [0, 0.05) is 0 Å². The summed E-state index contributed by atoms with van der Waals surface area (Å²) in [5.74, 6) is 1.33. The number of aldehydes is 1. The topological polar surface area (TPSA) is 26.3 Å². The number of ether oxygens (including phenoxy) is 1. The second kappa shape index (κ2) is 5.91. The quantitative estimate of drug-likeness (QED) is 0.715. The predicted octanol–water partition coefficient (Wildman–Crippen LogP) is 4.98. The summed E-state index contributed by atoms with van der Waals surface area (Å²) in [6.07, 6.45) is 1.89. The molecule has 0 aliphatic carbocycles. The first-order valence-corrected chi connectivity index (χ1v) is 6.89. The van der Waals surface area contributed by atoms with Gasteiger partial charge >= 0.3 is 0 Å². The van der Waals surface area contributed by atoms with Crippen LogP contribution < -0.4 is 4.74 Å². The first-order valence-electron chi connectivity index (χ1n) is 6.89. The van der Waals surface area contributed by atoms with Crippen molar-refractivity contribution < 1.29 is 9.53 Å². The molecule has 0 spiro atoms. The molecule has 2 aromatic rings. The van der Waals surface area contributed by atoms with Gasteiger partial charge in [0.2, 0.25) is 0 Å². The number of carbonyl (C=O) groups excluding carboxylic acids is 1. The van der Waals surface area contributed by atoms with Crippen LogP contribution in [0, 0.1) is 0 Å². The van der Waals surface area contributed by atoms with Crippen molar-refractivity contribution in [2.45, 2.75) is 32.6 Å². The molecule has 2 rings (SSSR count). The largest absolute Gasteiger partial charge is 0.457 e. The SMILES string of the molecule is CCC(C)(C)c1ccc(Oc2ccccc2C=O)cc1. The van der Waals surface area contributed by atoms with Crippen molar-refractivity contribution >= 4 is 6.29 Å². The van der Waals surface area contributed by atoms with Crippen LogP contribution >= 0.6 is 0 Å². The number of para-hydroxylation sites is 1. The summed E-state index contributed by atoms with van der Waals surface area (Å²) in [4.78, 5) is 11.0. The number of hydrogen-bond donors (Lipinski definition) is 0. The fourth-order valence-electron chi connectivity index (χ4n) is 1.98. The van der Waals surface area contributed by atoms with Gasteiger partial charge < -0.3 is 4.74 Å². The molecular formula is C18H20O2. The molecule has 0 radical (unpaired) electrons. The highest BCUT2D eigenvalue weighted by Crippen LogP contribution is 2.30. The van der Waals surface area contributed by atoms with E-state index in [0.717, 1.165) is 18.5 Å². The van der Waals surface area contributed by atoms with Crippen LogP contribution in [0.25, 0.3) is 0 Å². The van der Waals surface area contributed by atoms with Gasteiger partial charge in [0.05, 0.1) is 5.56 Å². The highest BCUT2D eigenvalue weighted by atomic mass is 16.5. The summed E-state index contributed by atoms with van der Waals surface area (Å²) in [5, 5.41) is 0. The van der Waals surface area contributed by atoms with E-state index in [9.17, 15) is 4.79 Å². The molecule has 0 aromatic heterocycles. The molecule has 0 heterocycles. The maximum atomic E-state index is 11.0. The Morgan fingerprint density at radius 1 is 1.05 bits per heavy atom. The molecule has 0 amide bonds. The molecule has 2 aromatic carbocycles. The minimum Gasteiger partial charge on any atom is -0.457 e. The third kappa shape index (κ3) is 3.08. The number of rotatable bonds is 5. The van der Waals surface area contributed by atoms with Crippen LogP contribution in [-0.2, 0) is 5.41 Å². The lowest BCUT2D eigenvalue weighted by Gasteiger charge is -2.23. The maximum absolute atomic E-state index is 11.0. The standard InChI is InChI=1S/C18H20O2/c1-4-18(2,3)15-9-11-16(12-10-15)20-17-8-6-5-7-14(17)13-19/h5-13H,4H2,1-3H3. The minimum atomic E-state index is 0.166. The number of benzene rings is 2. The zero-order valence-electron chi connectivity index (χ0n) is 12.2. The lowest BCUT2D eigenvalue weighted by Crippen LogP contribution is -2.14. The van der Waals surface area contributed by atoms with Gasteiger partial charge in [-0.2, -0.15) is 0 Å². The van der Waals surface area contributed by atoms with Gasteiger partial charge in [-0.25, -0.2) is 0 Å². The molecule has 0 aliphatic rings. The first kappa shape index (κ1) is 14.3. The summed E-state index contributed by atoms with van der Waals surface area (Å²) in [6, 6.07) is 15.3. The summed E-state index contributed by atoms with van der Waals surface area (Å²) in [7, 11) is 0. The van der Waals surface area contributed by atoms with Crippen LogP contribution in [0.2, 0.25) is 0 Å². The van der Waals surface area contributed by atoms with E-state index in [1.54, 1.807) is 12.1 Å². The zero-order valence-corrected chi connectivity index (χ0v) is 12.2. The molecule has 0 saturated carbocycles. The van der Waals surface area contributed by atoms with Gasteiger partial charge in [0.15, 0.2) is 6.29 Å². The van der Waals surface area contributed by atoms with Gasteiger partial charge in [-0.1, -0.05) is 45.0 Å². The molecule has 0 fully saturated rings. The number of hydrogen-bond acceptors (Lipinski definition) is 2. The third-order valence-corrected chi connectivity index (χ3v) is 3.79. The van der Waals surface area contributed by atoms with Gasteiger partial charge in [0.25, 0.3) is 0 Å². The fraction of sp³-hybridized carbons (Fsp3) is 0.278. The van der Waals surface area contributed by atoms with Crippen molar-refractivity contribution in [3.63, 3.8) is 0 Å². The van der Waals surface area contributed by atoms with E-state index < -0.39 is 0 Å². The Labute approximate surface area is 120 Å². The Bertz CT molecular complexity index is 583. The van der Waals surface area contributed by atoms with E-state index in [2.05, 4.69) is 32.9 Å². The molecule has 0 unspecified atom stereocenters. The van der Waals surface area contributed by atoms with Crippen molar-refractivity contribution in [1.82, 2.24) is 0 Å². The molecule has 0 aliphatic heterocycles. The van der Waals surface area contributed by atoms with Crippen LogP contribution in [0.4, 0.5) is 0 Å². The molecule has 104 valence electrons. The summed E-state index contributed by atoms with van der Waals surface area (Å²) < 4.78 is 5.77. The van der Waals surface area contributed by atoms with Gasteiger partial charge in [-0.15, -0.1) is 0 Å². The number of carbonyl (C=O) groups is 1. The normalized spacial score (nSPS) is 11.2. The lowest BCUT2D eigenvalue weighted by atomic mass is 9.82. The van der Waals surface area contributed by atoms with Crippen molar-refractivity contribution in [2.24, 2.45) is 0 Å². The predicted molar refractivity (Wildman–Crippen MR) is 81.7 cm³/mol. The van der Waals surface area contributed by atoms with Crippen molar-refractivity contribution in [2.75, 3.05) is 0 Å². The Hall–Kier alpha value is -2.09. The molecule has 20 heavy (non-hydrogen) atoms. The fourth-order valence-corrected chi connectivity index (χ4v) is 1.98. The van der Waals surface area contributed by atoms with Crippen molar-refractivity contribution in [3.8, 4) is 11.5 Å². The molecule has 0 bridgehead atoms. The molecule has 0 N–H and O–H groups in total. The van der Waals surface area contributed by atoms with E-state index in [1.807, 2.05) is 24.3 Å². The zero-order chi connectivity index (χ0) is 14.6. The highest BCUT2D eigenvalue weighted by Gasteiger charge is 2.17. The van der Waals surface area contributed by atoms with Crippen LogP contribution in [0.1, 0.15) is 43.1 Å². The van der Waals surface area contributed by atoms with E-state index in [4.69, 9.17) is 4.74 Å². The molecule has 0 atom stereocenters. The van der Waals surface area contributed by atoms with Crippen LogP contribution in [0.3, 0.4) is 0 Å². The second-order valence-corrected chi connectivity index (χ2v) is 5.52. The monoisotopic (exact) mass is 268 g/mol. The van der Waals surface area contributed by atoms with E-state index >= 15 is 0 Å². The lowest BCUT2D eigenvalue weighted by molar-refractivity contribution is 0.112. The van der Waals surface area contributed by atoms with Gasteiger partial charge in [-0.3, -0.25) is 4.79 Å². The summed E-state index contributed by atoms with van der Waals surface area (Å²) in [6.45, 7) is 6.64. The minimum absolute atomic E-state index is 0.166. The summed E-state index contributed by atoms with van der Waals surface area (Å²) >= 11 is 0. The third-order valence-electron chi connectivity index (χ3n) is 3.79. The van der Waals surface area contributed by atoms with Gasteiger partial charge in [0.1, 0.15) is 11.5 Å². The Morgan fingerprint density at radius 2 is 1.70 bits per heavy atom. The van der Waals surface area contributed by atoms with Crippen LogP contribution in [0.15, 0.2) is 48.5 Å². The van der Waals surface area contributed by atoms with Crippen molar-refractivity contribution in [3.05, 3.63) is 59.7 Å². The highest BCUT2D eigenvalue weighted by molar-refractivity contribution is 5.79. The van der Waals surface area contributed by atoms with E-state index in [-0.39, 0.29) is 5.41 Å². The van der Waals surface area contributed by atoms with Crippen molar-refractivity contribution in [1.29, 1.82) is 0 Å². The molecule has 2 heteroatoms.